The van der Waals surface area contributed by atoms with E-state index in [0.29, 0.717) is 0 Å². The van der Waals surface area contributed by atoms with Gasteiger partial charge in [-0.1, -0.05) is 0 Å². The Balaban J connectivity index is 3.05. The molecular weight excluding hydrogens is 318 g/mol. The number of rotatable bonds is 5. The summed E-state index contributed by atoms with van der Waals surface area (Å²) in [6.45, 7) is -2.50. The van der Waals surface area contributed by atoms with Gasteiger partial charge in [0.2, 0.25) is 0 Å². The maximum Gasteiger partial charge on any atom is 0.436 e. The minimum atomic E-state index is -6.41. The standard InChI is InChI=1S/C7H9F4NO7S/c8-6(9,2-13)7(10,11)20(17,18)19-12-4(15)1-3(14)5(12)16/h3-4,13-15H,1-2H2. The van der Waals surface area contributed by atoms with Crippen molar-refractivity contribution in [3.05, 3.63) is 0 Å². The maximum absolute atomic E-state index is 13.1. The van der Waals surface area contributed by atoms with Crippen molar-refractivity contribution in [2.75, 3.05) is 6.61 Å². The molecule has 1 aliphatic rings. The van der Waals surface area contributed by atoms with Crippen LogP contribution in [0.15, 0.2) is 0 Å². The van der Waals surface area contributed by atoms with Gasteiger partial charge in [0.25, 0.3) is 5.91 Å². The van der Waals surface area contributed by atoms with Crippen molar-refractivity contribution in [2.45, 2.75) is 29.9 Å². The first-order valence-corrected chi connectivity index (χ1v) is 6.28. The number of carbonyl (C=O) groups excluding carboxylic acids is 1. The van der Waals surface area contributed by atoms with Gasteiger partial charge in [0.05, 0.1) is 0 Å². The molecule has 8 nitrogen and oxygen atoms in total. The lowest BCUT2D eigenvalue weighted by Gasteiger charge is -2.26. The highest BCUT2D eigenvalue weighted by molar-refractivity contribution is 7.87. The van der Waals surface area contributed by atoms with E-state index in [4.69, 9.17) is 15.3 Å². The van der Waals surface area contributed by atoms with Gasteiger partial charge >= 0.3 is 21.3 Å². The fourth-order valence-corrected chi connectivity index (χ4v) is 2.11. The van der Waals surface area contributed by atoms with Crippen LogP contribution in [0.25, 0.3) is 0 Å². The molecule has 2 unspecified atom stereocenters. The second-order valence-corrected chi connectivity index (χ2v) is 5.37. The molecule has 0 spiro atoms. The number of aliphatic hydroxyl groups excluding tert-OH is 3. The van der Waals surface area contributed by atoms with Gasteiger partial charge in [-0.25, -0.2) is 0 Å². The van der Waals surface area contributed by atoms with Crippen LogP contribution in [0.1, 0.15) is 6.42 Å². The van der Waals surface area contributed by atoms with Gasteiger partial charge in [-0.2, -0.15) is 31.0 Å². The summed E-state index contributed by atoms with van der Waals surface area (Å²) in [6.07, 6.45) is -4.78. The molecule has 3 N–H and O–H groups in total. The predicted molar refractivity (Wildman–Crippen MR) is 50.5 cm³/mol. The summed E-state index contributed by atoms with van der Waals surface area (Å²) < 4.78 is 77.1. The van der Waals surface area contributed by atoms with Crippen LogP contribution in [-0.2, 0) is 19.2 Å². The van der Waals surface area contributed by atoms with Crippen molar-refractivity contribution in [3.8, 4) is 0 Å². The number of hydroxylamine groups is 2. The fourth-order valence-electron chi connectivity index (χ4n) is 1.20. The first-order chi connectivity index (χ1) is 8.87. The molecule has 1 saturated heterocycles. The van der Waals surface area contributed by atoms with Crippen molar-refractivity contribution in [3.63, 3.8) is 0 Å². The van der Waals surface area contributed by atoms with Gasteiger partial charge in [-0.15, -0.1) is 4.28 Å². The van der Waals surface area contributed by atoms with E-state index in [-0.39, 0.29) is 0 Å². The topological polar surface area (TPSA) is 124 Å². The average Bonchev–Trinajstić information content (AvgIpc) is 2.55. The quantitative estimate of drug-likeness (QED) is 0.518. The monoisotopic (exact) mass is 327 g/mol. The van der Waals surface area contributed by atoms with E-state index < -0.39 is 57.6 Å². The molecule has 0 aromatic rings. The van der Waals surface area contributed by atoms with Crippen LogP contribution in [0.4, 0.5) is 17.6 Å². The van der Waals surface area contributed by atoms with E-state index in [9.17, 15) is 30.8 Å². The highest BCUT2D eigenvalue weighted by Gasteiger charge is 2.67. The Morgan fingerprint density at radius 1 is 1.30 bits per heavy atom. The number of nitrogens with zero attached hydrogens (tertiary/aromatic N) is 1. The number of halogens is 4. The third kappa shape index (κ3) is 2.58. The number of amides is 1. The zero-order chi connectivity index (χ0) is 15.9. The van der Waals surface area contributed by atoms with Crippen LogP contribution < -0.4 is 0 Å². The molecule has 0 radical (unpaired) electrons. The minimum absolute atomic E-state index is 0.554. The van der Waals surface area contributed by atoms with Crippen LogP contribution >= 0.6 is 0 Å². The zero-order valence-corrected chi connectivity index (χ0v) is 10.2. The van der Waals surface area contributed by atoms with Gasteiger partial charge in [0.15, 0.2) is 6.23 Å². The second kappa shape index (κ2) is 5.07. The number of hydrogen-bond acceptors (Lipinski definition) is 7. The molecule has 118 valence electrons. The first kappa shape index (κ1) is 17.0. The number of alkyl halides is 4. The van der Waals surface area contributed by atoms with Crippen LogP contribution in [-0.4, -0.2) is 64.8 Å². The molecule has 1 rings (SSSR count). The molecule has 1 amide bonds. The first-order valence-electron chi connectivity index (χ1n) is 4.87. The number of aliphatic hydroxyl groups is 3. The lowest BCUT2D eigenvalue weighted by atomic mass is 10.3. The van der Waals surface area contributed by atoms with Gasteiger partial charge < -0.3 is 15.3 Å². The van der Waals surface area contributed by atoms with Gasteiger partial charge in [-0.05, 0) is 0 Å². The van der Waals surface area contributed by atoms with Crippen molar-refractivity contribution in [1.29, 1.82) is 0 Å². The molecule has 20 heavy (non-hydrogen) atoms. The largest absolute Gasteiger partial charge is 0.436 e. The Bertz CT molecular complexity index is 495. The molecule has 1 fully saturated rings. The van der Waals surface area contributed by atoms with E-state index in [2.05, 4.69) is 4.28 Å². The van der Waals surface area contributed by atoms with Gasteiger partial charge in [0.1, 0.15) is 12.7 Å². The van der Waals surface area contributed by atoms with Crippen molar-refractivity contribution in [1.82, 2.24) is 5.06 Å². The SMILES string of the molecule is O=C1C(O)CC(O)N1OS(=O)(=O)C(F)(F)C(F)(F)CO. The maximum atomic E-state index is 13.1. The molecule has 0 saturated carbocycles. The summed E-state index contributed by atoms with van der Waals surface area (Å²) in [5.74, 6) is -6.97. The van der Waals surface area contributed by atoms with Crippen LogP contribution in [0.3, 0.4) is 0 Å². The molecule has 13 heteroatoms. The Morgan fingerprint density at radius 3 is 2.15 bits per heavy atom. The van der Waals surface area contributed by atoms with Crippen molar-refractivity contribution < 1.29 is 50.4 Å². The fraction of sp³-hybridized carbons (Fsp3) is 0.857. The third-order valence-electron chi connectivity index (χ3n) is 2.32. The molecule has 1 aliphatic heterocycles. The lowest BCUT2D eigenvalue weighted by molar-refractivity contribution is -0.201. The lowest BCUT2D eigenvalue weighted by Crippen LogP contribution is -2.52. The molecule has 0 aromatic carbocycles. The summed E-state index contributed by atoms with van der Waals surface area (Å²) in [4.78, 5) is 11.1. The van der Waals surface area contributed by atoms with Gasteiger partial charge in [-0.3, -0.25) is 4.79 Å². The normalized spacial score (nSPS) is 25.4. The predicted octanol–water partition coefficient (Wildman–Crippen LogP) is -1.62. The summed E-state index contributed by atoms with van der Waals surface area (Å²) in [6, 6.07) is 0. The number of carbonyl (C=O) groups is 1. The van der Waals surface area contributed by atoms with Crippen LogP contribution in [0.2, 0.25) is 0 Å². The molecule has 0 aliphatic carbocycles. The van der Waals surface area contributed by atoms with E-state index >= 15 is 0 Å². The van der Waals surface area contributed by atoms with E-state index in [1.807, 2.05) is 0 Å². The Hall–Kier alpha value is -1.02. The average molecular weight is 327 g/mol. The molecule has 2 atom stereocenters. The Morgan fingerprint density at radius 2 is 1.80 bits per heavy atom. The molecule has 1 heterocycles. The summed E-state index contributed by atoms with van der Waals surface area (Å²) in [7, 11) is -6.41. The van der Waals surface area contributed by atoms with Gasteiger partial charge in [0, 0.05) is 6.42 Å². The summed E-state index contributed by atoms with van der Waals surface area (Å²) >= 11 is 0. The zero-order valence-electron chi connectivity index (χ0n) is 9.41. The van der Waals surface area contributed by atoms with Crippen molar-refractivity contribution in [2.24, 2.45) is 0 Å². The van der Waals surface area contributed by atoms with E-state index in [0.717, 1.165) is 0 Å². The minimum Gasteiger partial charge on any atom is -0.390 e. The molecule has 0 bridgehead atoms. The smallest absolute Gasteiger partial charge is 0.390 e. The van der Waals surface area contributed by atoms with E-state index in [1.165, 1.54) is 0 Å². The Labute approximate surface area is 109 Å². The van der Waals surface area contributed by atoms with Crippen LogP contribution in [0.5, 0.6) is 0 Å². The van der Waals surface area contributed by atoms with Crippen molar-refractivity contribution >= 4 is 16.0 Å². The summed E-state index contributed by atoms with van der Waals surface area (Å²) in [5, 5.41) is 19.7. The second-order valence-electron chi connectivity index (χ2n) is 3.80. The third-order valence-corrected chi connectivity index (χ3v) is 3.61. The highest BCUT2D eigenvalue weighted by atomic mass is 32.2. The summed E-state index contributed by atoms with van der Waals surface area (Å²) in [5.41, 5.74) is 0. The molecular formula is C7H9F4NO7S. The highest BCUT2D eigenvalue weighted by Crippen LogP contribution is 2.40. The van der Waals surface area contributed by atoms with Crippen LogP contribution in [0, 0.1) is 0 Å². The molecule has 0 aromatic heterocycles. The Kier molecular flexibility index (Phi) is 4.32. The van der Waals surface area contributed by atoms with E-state index in [1.54, 1.807) is 0 Å². The number of hydrogen-bond donors (Lipinski definition) is 3.